The number of furan rings is 1. The molecule has 0 saturated carbocycles. The van der Waals surface area contributed by atoms with Gasteiger partial charge in [-0.1, -0.05) is 0 Å². The highest BCUT2D eigenvalue weighted by molar-refractivity contribution is 6.07. The number of nitrogens with one attached hydrogen (secondary N) is 2. The molecule has 1 aromatic rings. The molecule has 3 heterocycles. The standard InChI is InChI=1S/C17H24N4O4/c1-11(2)21-15(23)17(19-16(21)24)6-7-20(10-17)9-14(22)18-12(3)13-5-4-8-25-13/h4-5,8,11-12H,6-7,9-10H2,1-3H3,(H,18,22)(H,19,24)/t12-,17+/m0/s1. The molecule has 0 aromatic carbocycles. The number of carbonyl (C=O) groups is 3. The Bertz CT molecular complexity index is 672. The molecule has 2 N–H and O–H groups in total. The first-order chi connectivity index (χ1) is 11.8. The minimum absolute atomic E-state index is 0.140. The highest BCUT2D eigenvalue weighted by atomic mass is 16.3. The van der Waals surface area contributed by atoms with Gasteiger partial charge in [0.1, 0.15) is 11.3 Å². The van der Waals surface area contributed by atoms with Gasteiger partial charge in [0.25, 0.3) is 5.91 Å². The van der Waals surface area contributed by atoms with Gasteiger partial charge in [-0.15, -0.1) is 0 Å². The zero-order valence-electron chi connectivity index (χ0n) is 14.7. The van der Waals surface area contributed by atoms with E-state index in [0.717, 1.165) is 0 Å². The summed E-state index contributed by atoms with van der Waals surface area (Å²) >= 11 is 0. The SMILES string of the molecule is CC(C)N1C(=O)N[C@@]2(CCN(CC(=O)N[C@@H](C)c3ccco3)C2)C1=O. The highest BCUT2D eigenvalue weighted by Crippen LogP contribution is 2.29. The van der Waals surface area contributed by atoms with E-state index in [-0.39, 0.29) is 36.5 Å². The lowest BCUT2D eigenvalue weighted by atomic mass is 9.98. The third kappa shape index (κ3) is 3.26. The molecule has 2 aliphatic heterocycles. The van der Waals surface area contributed by atoms with Crippen molar-refractivity contribution in [2.24, 2.45) is 0 Å². The van der Waals surface area contributed by atoms with Crippen LogP contribution < -0.4 is 10.6 Å². The van der Waals surface area contributed by atoms with Crippen molar-refractivity contribution >= 4 is 17.8 Å². The predicted octanol–water partition coefficient (Wildman–Crippen LogP) is 0.862. The van der Waals surface area contributed by atoms with E-state index in [2.05, 4.69) is 10.6 Å². The van der Waals surface area contributed by atoms with E-state index in [1.54, 1.807) is 12.3 Å². The fraction of sp³-hybridized carbons (Fsp3) is 0.588. The third-order valence-corrected chi connectivity index (χ3v) is 4.77. The number of hydrogen-bond donors (Lipinski definition) is 2. The van der Waals surface area contributed by atoms with E-state index in [9.17, 15) is 14.4 Å². The average molecular weight is 348 g/mol. The summed E-state index contributed by atoms with van der Waals surface area (Å²) in [5, 5.41) is 5.70. The fourth-order valence-electron chi connectivity index (χ4n) is 3.51. The summed E-state index contributed by atoms with van der Waals surface area (Å²) in [5.41, 5.74) is -0.895. The summed E-state index contributed by atoms with van der Waals surface area (Å²) in [7, 11) is 0. The van der Waals surface area contributed by atoms with Crippen LogP contribution in [0.15, 0.2) is 22.8 Å². The summed E-state index contributed by atoms with van der Waals surface area (Å²) < 4.78 is 5.28. The maximum absolute atomic E-state index is 12.6. The van der Waals surface area contributed by atoms with Crippen LogP contribution in [0.25, 0.3) is 0 Å². The van der Waals surface area contributed by atoms with Crippen molar-refractivity contribution in [1.82, 2.24) is 20.4 Å². The Morgan fingerprint density at radius 2 is 2.16 bits per heavy atom. The molecule has 0 radical (unpaired) electrons. The van der Waals surface area contributed by atoms with E-state index in [1.807, 2.05) is 31.7 Å². The summed E-state index contributed by atoms with van der Waals surface area (Å²) in [6.07, 6.45) is 2.08. The zero-order chi connectivity index (χ0) is 18.2. The predicted molar refractivity (Wildman–Crippen MR) is 89.6 cm³/mol. The molecule has 8 nitrogen and oxygen atoms in total. The lowest BCUT2D eigenvalue weighted by Gasteiger charge is -2.23. The molecule has 8 heteroatoms. The van der Waals surface area contributed by atoms with Crippen molar-refractivity contribution in [3.8, 4) is 0 Å². The molecule has 2 fully saturated rings. The molecule has 0 aliphatic carbocycles. The van der Waals surface area contributed by atoms with Crippen LogP contribution in [-0.4, -0.2) is 58.9 Å². The van der Waals surface area contributed by atoms with Crippen LogP contribution in [0.4, 0.5) is 4.79 Å². The van der Waals surface area contributed by atoms with Crippen LogP contribution in [0.5, 0.6) is 0 Å². The summed E-state index contributed by atoms with van der Waals surface area (Å²) in [4.78, 5) is 40.1. The topological polar surface area (TPSA) is 94.9 Å². The van der Waals surface area contributed by atoms with Crippen molar-refractivity contribution in [3.05, 3.63) is 24.2 Å². The molecule has 136 valence electrons. The average Bonchev–Trinajstić information content (AvgIpc) is 3.21. The second kappa shape index (κ2) is 6.51. The number of hydrogen-bond acceptors (Lipinski definition) is 5. The number of nitrogens with zero attached hydrogens (tertiary/aromatic N) is 2. The number of urea groups is 1. The van der Waals surface area contributed by atoms with Crippen molar-refractivity contribution in [3.63, 3.8) is 0 Å². The van der Waals surface area contributed by atoms with E-state index in [0.29, 0.717) is 25.3 Å². The van der Waals surface area contributed by atoms with Crippen molar-refractivity contribution in [2.75, 3.05) is 19.6 Å². The van der Waals surface area contributed by atoms with Crippen molar-refractivity contribution < 1.29 is 18.8 Å². The van der Waals surface area contributed by atoms with Gasteiger partial charge in [-0.2, -0.15) is 0 Å². The quantitative estimate of drug-likeness (QED) is 0.770. The maximum Gasteiger partial charge on any atom is 0.325 e. The Morgan fingerprint density at radius 1 is 1.40 bits per heavy atom. The highest BCUT2D eigenvalue weighted by Gasteiger charge is 2.55. The van der Waals surface area contributed by atoms with Gasteiger partial charge >= 0.3 is 6.03 Å². The summed E-state index contributed by atoms with van der Waals surface area (Å²) in [6.45, 7) is 6.59. The zero-order valence-corrected chi connectivity index (χ0v) is 14.7. The Balaban J connectivity index is 1.57. The lowest BCUT2D eigenvalue weighted by molar-refractivity contribution is -0.132. The maximum atomic E-state index is 12.6. The molecule has 1 spiro atoms. The first-order valence-electron chi connectivity index (χ1n) is 8.53. The summed E-state index contributed by atoms with van der Waals surface area (Å²) in [6, 6.07) is 2.83. The van der Waals surface area contributed by atoms with Crippen LogP contribution >= 0.6 is 0 Å². The molecule has 4 amide bonds. The van der Waals surface area contributed by atoms with Gasteiger partial charge in [-0.05, 0) is 39.3 Å². The van der Waals surface area contributed by atoms with Gasteiger partial charge in [0.05, 0.1) is 18.8 Å². The number of amides is 4. The molecule has 0 bridgehead atoms. The molecule has 0 unspecified atom stereocenters. The molecule has 3 rings (SSSR count). The van der Waals surface area contributed by atoms with E-state index >= 15 is 0 Å². The van der Waals surface area contributed by atoms with Gasteiger partial charge in [-0.25, -0.2) is 4.79 Å². The van der Waals surface area contributed by atoms with Crippen LogP contribution in [0.3, 0.4) is 0 Å². The monoisotopic (exact) mass is 348 g/mol. The molecule has 25 heavy (non-hydrogen) atoms. The normalized spacial score (nSPS) is 25.0. The molecular weight excluding hydrogens is 324 g/mol. The molecule has 2 aliphatic rings. The van der Waals surface area contributed by atoms with Gasteiger partial charge in [0.15, 0.2) is 0 Å². The number of likely N-dealkylation sites (tertiary alicyclic amines) is 1. The number of imide groups is 1. The minimum Gasteiger partial charge on any atom is -0.467 e. The second-order valence-electron chi connectivity index (χ2n) is 7.05. The Morgan fingerprint density at radius 3 is 2.76 bits per heavy atom. The van der Waals surface area contributed by atoms with E-state index in [4.69, 9.17) is 4.42 Å². The van der Waals surface area contributed by atoms with Gasteiger partial charge < -0.3 is 15.1 Å². The summed E-state index contributed by atoms with van der Waals surface area (Å²) in [5.74, 6) is 0.356. The number of carbonyl (C=O) groups excluding carboxylic acids is 3. The molecule has 2 atom stereocenters. The largest absolute Gasteiger partial charge is 0.467 e. The van der Waals surface area contributed by atoms with Crippen LogP contribution in [0, 0.1) is 0 Å². The molecule has 2 saturated heterocycles. The van der Waals surface area contributed by atoms with E-state index < -0.39 is 5.54 Å². The second-order valence-corrected chi connectivity index (χ2v) is 7.05. The first kappa shape index (κ1) is 17.5. The Kier molecular flexibility index (Phi) is 4.55. The third-order valence-electron chi connectivity index (χ3n) is 4.77. The van der Waals surface area contributed by atoms with Crippen LogP contribution in [0.1, 0.15) is 39.0 Å². The van der Waals surface area contributed by atoms with Gasteiger partial charge in [-0.3, -0.25) is 19.4 Å². The van der Waals surface area contributed by atoms with E-state index in [1.165, 1.54) is 4.90 Å². The smallest absolute Gasteiger partial charge is 0.325 e. The fourth-order valence-corrected chi connectivity index (χ4v) is 3.51. The number of rotatable bonds is 5. The lowest BCUT2D eigenvalue weighted by Crippen LogP contribution is -2.50. The first-order valence-corrected chi connectivity index (χ1v) is 8.53. The van der Waals surface area contributed by atoms with Gasteiger partial charge in [0, 0.05) is 19.1 Å². The van der Waals surface area contributed by atoms with Gasteiger partial charge in [0.2, 0.25) is 5.91 Å². The van der Waals surface area contributed by atoms with Crippen LogP contribution in [0.2, 0.25) is 0 Å². The Labute approximate surface area is 146 Å². The molecular formula is C17H24N4O4. The van der Waals surface area contributed by atoms with Crippen molar-refractivity contribution in [2.45, 2.75) is 44.8 Å². The van der Waals surface area contributed by atoms with Crippen LogP contribution in [-0.2, 0) is 9.59 Å². The molecule has 1 aromatic heterocycles. The Hall–Kier alpha value is -2.35. The van der Waals surface area contributed by atoms with Crippen molar-refractivity contribution in [1.29, 1.82) is 0 Å². The minimum atomic E-state index is -0.895.